The summed E-state index contributed by atoms with van der Waals surface area (Å²) < 4.78 is 5.89. The summed E-state index contributed by atoms with van der Waals surface area (Å²) in [5.74, 6) is 1.56. The average Bonchev–Trinajstić information content (AvgIpc) is 3.09. The molecule has 0 fully saturated rings. The van der Waals surface area contributed by atoms with E-state index in [4.69, 9.17) is 9.68 Å². The van der Waals surface area contributed by atoms with Crippen molar-refractivity contribution in [1.82, 2.24) is 10.6 Å². The molecule has 2 aromatic carbocycles. The molecule has 25 heavy (non-hydrogen) atoms. The Bertz CT molecular complexity index is 886. The van der Waals surface area contributed by atoms with Crippen molar-refractivity contribution in [3.8, 4) is 6.07 Å². The maximum Gasteiger partial charge on any atom is 0.191 e. The fraction of sp³-hybridized carbons (Fsp3) is 0.200. The van der Waals surface area contributed by atoms with Crippen LogP contribution in [0.5, 0.6) is 0 Å². The van der Waals surface area contributed by atoms with Crippen molar-refractivity contribution in [1.29, 1.82) is 5.26 Å². The molecule has 0 radical (unpaired) electrons. The lowest BCUT2D eigenvalue weighted by atomic mass is 10.1. The molecule has 1 unspecified atom stereocenters. The van der Waals surface area contributed by atoms with Gasteiger partial charge in [-0.2, -0.15) is 5.26 Å². The monoisotopic (exact) mass is 332 g/mol. The highest BCUT2D eigenvalue weighted by Gasteiger charge is 2.12. The molecule has 5 nitrogen and oxygen atoms in total. The number of hydrogen-bond donors (Lipinski definition) is 2. The number of nitrogens with one attached hydrogen (secondary N) is 2. The van der Waals surface area contributed by atoms with Crippen LogP contribution in [0, 0.1) is 11.3 Å². The van der Waals surface area contributed by atoms with Gasteiger partial charge in [-0.3, -0.25) is 4.99 Å². The molecular weight excluding hydrogens is 312 g/mol. The molecule has 3 aromatic rings. The average molecular weight is 332 g/mol. The molecule has 0 bridgehead atoms. The second-order valence-electron chi connectivity index (χ2n) is 5.79. The van der Waals surface area contributed by atoms with E-state index in [9.17, 15) is 0 Å². The number of rotatable bonds is 4. The molecule has 1 atom stereocenters. The Morgan fingerprint density at radius 1 is 1.20 bits per heavy atom. The zero-order chi connectivity index (χ0) is 17.6. The zero-order valence-electron chi connectivity index (χ0n) is 14.3. The van der Waals surface area contributed by atoms with E-state index in [1.165, 1.54) is 0 Å². The van der Waals surface area contributed by atoms with Crippen LogP contribution in [0.25, 0.3) is 11.0 Å². The Morgan fingerprint density at radius 2 is 1.96 bits per heavy atom. The smallest absolute Gasteiger partial charge is 0.191 e. The Morgan fingerprint density at radius 3 is 2.64 bits per heavy atom. The van der Waals surface area contributed by atoms with Gasteiger partial charge in [0.15, 0.2) is 5.96 Å². The summed E-state index contributed by atoms with van der Waals surface area (Å²) >= 11 is 0. The second-order valence-corrected chi connectivity index (χ2v) is 5.79. The van der Waals surface area contributed by atoms with Gasteiger partial charge < -0.3 is 15.1 Å². The number of furan rings is 1. The van der Waals surface area contributed by atoms with Crippen LogP contribution >= 0.6 is 0 Å². The quantitative estimate of drug-likeness (QED) is 0.564. The van der Waals surface area contributed by atoms with Gasteiger partial charge in [-0.1, -0.05) is 30.3 Å². The van der Waals surface area contributed by atoms with E-state index in [-0.39, 0.29) is 6.04 Å². The van der Waals surface area contributed by atoms with Gasteiger partial charge >= 0.3 is 0 Å². The van der Waals surface area contributed by atoms with Crippen LogP contribution in [-0.4, -0.2) is 13.0 Å². The van der Waals surface area contributed by atoms with E-state index in [1.54, 1.807) is 7.05 Å². The molecule has 0 amide bonds. The minimum Gasteiger partial charge on any atom is -0.459 e. The first-order valence-electron chi connectivity index (χ1n) is 8.14. The molecule has 1 heterocycles. The molecule has 1 aromatic heterocycles. The zero-order valence-corrected chi connectivity index (χ0v) is 14.3. The first-order chi connectivity index (χ1) is 12.2. The van der Waals surface area contributed by atoms with E-state index in [1.807, 2.05) is 61.5 Å². The van der Waals surface area contributed by atoms with Crippen molar-refractivity contribution in [2.75, 3.05) is 7.05 Å². The Labute approximate surface area is 147 Å². The molecule has 126 valence electrons. The summed E-state index contributed by atoms with van der Waals surface area (Å²) in [6.45, 7) is 2.66. The van der Waals surface area contributed by atoms with Gasteiger partial charge in [-0.25, -0.2) is 0 Å². The highest BCUT2D eigenvalue weighted by Crippen LogP contribution is 2.23. The fourth-order valence-corrected chi connectivity index (χ4v) is 2.57. The second kappa shape index (κ2) is 7.54. The Kier molecular flexibility index (Phi) is 5.00. The molecule has 3 rings (SSSR count). The molecule has 0 aliphatic heterocycles. The van der Waals surface area contributed by atoms with Gasteiger partial charge in [0, 0.05) is 19.0 Å². The topological polar surface area (TPSA) is 73.3 Å². The lowest BCUT2D eigenvalue weighted by Crippen LogP contribution is -2.38. The lowest BCUT2D eigenvalue weighted by molar-refractivity contribution is 0.488. The third kappa shape index (κ3) is 3.99. The molecule has 2 N–H and O–H groups in total. The van der Waals surface area contributed by atoms with Crippen LogP contribution < -0.4 is 10.6 Å². The number of benzene rings is 2. The molecule has 0 saturated carbocycles. The van der Waals surface area contributed by atoms with Crippen LogP contribution in [0.4, 0.5) is 0 Å². The predicted octanol–water partition coefficient (Wildman–Crippen LogP) is 3.73. The normalized spacial score (nSPS) is 12.6. The Hall–Kier alpha value is -3.26. The van der Waals surface area contributed by atoms with E-state index in [0.717, 1.165) is 22.3 Å². The maximum absolute atomic E-state index is 8.84. The molecule has 0 spiro atoms. The van der Waals surface area contributed by atoms with Crippen molar-refractivity contribution >= 4 is 16.9 Å². The number of hydrogen-bond acceptors (Lipinski definition) is 3. The van der Waals surface area contributed by atoms with Crippen molar-refractivity contribution in [2.45, 2.75) is 19.5 Å². The van der Waals surface area contributed by atoms with Gasteiger partial charge in [0.2, 0.25) is 0 Å². The van der Waals surface area contributed by atoms with Gasteiger partial charge in [0.05, 0.1) is 17.7 Å². The van der Waals surface area contributed by atoms with Crippen molar-refractivity contribution < 1.29 is 4.42 Å². The predicted molar refractivity (Wildman–Crippen MR) is 99.1 cm³/mol. The standard InChI is InChI=1S/C20H20N4O/c1-14(19-11-17-5-3-4-6-18(17)25-19)24-20(22-2)23-13-16-9-7-15(12-21)8-10-16/h3-11,14H,13H2,1-2H3,(H2,22,23,24). The lowest BCUT2D eigenvalue weighted by Gasteiger charge is -2.16. The minimum absolute atomic E-state index is 0.0143. The molecular formula is C20H20N4O. The molecule has 0 aliphatic carbocycles. The summed E-state index contributed by atoms with van der Waals surface area (Å²) in [5, 5.41) is 16.5. The van der Waals surface area contributed by atoms with Gasteiger partial charge in [0.1, 0.15) is 11.3 Å². The number of para-hydroxylation sites is 1. The number of nitriles is 1. The largest absolute Gasteiger partial charge is 0.459 e. The van der Waals surface area contributed by atoms with Crippen molar-refractivity contribution in [3.05, 3.63) is 71.5 Å². The van der Waals surface area contributed by atoms with Crippen LogP contribution in [0.15, 0.2) is 64.0 Å². The summed E-state index contributed by atoms with van der Waals surface area (Å²) in [5.41, 5.74) is 2.62. The first-order valence-corrected chi connectivity index (χ1v) is 8.14. The summed E-state index contributed by atoms with van der Waals surface area (Å²) in [6, 6.07) is 19.6. The highest BCUT2D eigenvalue weighted by molar-refractivity contribution is 5.81. The maximum atomic E-state index is 8.84. The SMILES string of the molecule is CN=C(NCc1ccc(C#N)cc1)NC(C)c1cc2ccccc2o1. The molecule has 0 saturated heterocycles. The van der Waals surface area contributed by atoms with E-state index >= 15 is 0 Å². The summed E-state index contributed by atoms with van der Waals surface area (Å²) in [7, 11) is 1.74. The molecule has 5 heteroatoms. The highest BCUT2D eigenvalue weighted by atomic mass is 16.3. The number of nitrogens with zero attached hydrogens (tertiary/aromatic N) is 2. The van der Waals surface area contributed by atoms with E-state index in [2.05, 4.69) is 21.7 Å². The third-order valence-corrected chi connectivity index (χ3v) is 3.99. The van der Waals surface area contributed by atoms with Crippen molar-refractivity contribution in [2.24, 2.45) is 4.99 Å². The number of fused-ring (bicyclic) bond motifs is 1. The fourth-order valence-electron chi connectivity index (χ4n) is 2.57. The van der Waals surface area contributed by atoms with Gasteiger partial charge in [-0.15, -0.1) is 0 Å². The Balaban J connectivity index is 1.62. The van der Waals surface area contributed by atoms with Gasteiger partial charge in [0.25, 0.3) is 0 Å². The van der Waals surface area contributed by atoms with Gasteiger partial charge in [-0.05, 0) is 36.8 Å². The summed E-state index contributed by atoms with van der Waals surface area (Å²) in [4.78, 5) is 4.26. The first kappa shape index (κ1) is 16.6. The van der Waals surface area contributed by atoms with E-state index in [0.29, 0.717) is 18.1 Å². The van der Waals surface area contributed by atoms with Crippen LogP contribution in [0.1, 0.15) is 29.9 Å². The van der Waals surface area contributed by atoms with Crippen LogP contribution in [-0.2, 0) is 6.54 Å². The van der Waals surface area contributed by atoms with Crippen LogP contribution in [0.3, 0.4) is 0 Å². The number of aliphatic imine (C=N–C) groups is 1. The number of guanidine groups is 1. The third-order valence-electron chi connectivity index (χ3n) is 3.99. The molecule has 0 aliphatic rings. The van der Waals surface area contributed by atoms with E-state index < -0.39 is 0 Å². The van der Waals surface area contributed by atoms with Crippen LogP contribution in [0.2, 0.25) is 0 Å². The van der Waals surface area contributed by atoms with Crippen molar-refractivity contribution in [3.63, 3.8) is 0 Å². The minimum atomic E-state index is -0.0143. The summed E-state index contributed by atoms with van der Waals surface area (Å²) in [6.07, 6.45) is 0.